The van der Waals surface area contributed by atoms with Gasteiger partial charge in [0.1, 0.15) is 5.75 Å². The predicted molar refractivity (Wildman–Crippen MR) is 73.3 cm³/mol. The second kappa shape index (κ2) is 6.41. The quantitative estimate of drug-likeness (QED) is 0.860. The van der Waals surface area contributed by atoms with Crippen LogP contribution in [0.3, 0.4) is 0 Å². The van der Waals surface area contributed by atoms with E-state index in [0.717, 1.165) is 12.0 Å². The maximum absolute atomic E-state index is 12.1. The topological polar surface area (TPSA) is 75.6 Å². The Morgan fingerprint density at radius 3 is 2.70 bits per heavy atom. The van der Waals surface area contributed by atoms with E-state index in [1.165, 1.54) is 0 Å². The molecule has 1 amide bonds. The zero-order chi connectivity index (χ0) is 14.5. The number of carboxylic acid groups (broad SMARTS) is 1. The van der Waals surface area contributed by atoms with E-state index in [1.54, 1.807) is 7.11 Å². The average molecular weight is 277 g/mol. The molecule has 1 aliphatic carbocycles. The number of para-hydroxylation sites is 1. The van der Waals surface area contributed by atoms with Crippen LogP contribution in [0.4, 0.5) is 0 Å². The maximum Gasteiger partial charge on any atom is 0.307 e. The molecule has 20 heavy (non-hydrogen) atoms. The molecule has 1 fully saturated rings. The lowest BCUT2D eigenvalue weighted by atomic mass is 9.95. The van der Waals surface area contributed by atoms with Crippen molar-refractivity contribution in [3.8, 4) is 5.75 Å². The SMILES string of the molecule is COc1ccccc1CNC(=O)C1CCCC1C(=O)O. The number of ether oxygens (including phenoxy) is 1. The van der Waals surface area contributed by atoms with Gasteiger partial charge in [0.2, 0.25) is 5.91 Å². The van der Waals surface area contributed by atoms with Crippen molar-refractivity contribution >= 4 is 11.9 Å². The molecule has 2 rings (SSSR count). The number of hydrogen-bond acceptors (Lipinski definition) is 3. The Hall–Kier alpha value is -2.04. The van der Waals surface area contributed by atoms with Crippen LogP contribution in [0, 0.1) is 11.8 Å². The van der Waals surface area contributed by atoms with Gasteiger partial charge in [-0.05, 0) is 18.9 Å². The van der Waals surface area contributed by atoms with Crippen LogP contribution in [-0.4, -0.2) is 24.1 Å². The summed E-state index contributed by atoms with van der Waals surface area (Å²) in [5, 5.41) is 11.9. The Morgan fingerprint density at radius 2 is 2.00 bits per heavy atom. The number of amides is 1. The number of carbonyl (C=O) groups excluding carboxylic acids is 1. The van der Waals surface area contributed by atoms with Gasteiger partial charge in [0.15, 0.2) is 0 Å². The Labute approximate surface area is 117 Å². The number of aliphatic carboxylic acids is 1. The summed E-state index contributed by atoms with van der Waals surface area (Å²) in [6.07, 6.45) is 2.03. The van der Waals surface area contributed by atoms with E-state index in [0.29, 0.717) is 25.1 Å². The average Bonchev–Trinajstić information content (AvgIpc) is 2.94. The third-order valence-corrected chi connectivity index (χ3v) is 3.82. The summed E-state index contributed by atoms with van der Waals surface area (Å²) in [7, 11) is 1.58. The minimum absolute atomic E-state index is 0.180. The highest BCUT2D eigenvalue weighted by Gasteiger charge is 2.37. The van der Waals surface area contributed by atoms with Gasteiger partial charge in [-0.1, -0.05) is 24.6 Å². The molecule has 0 aromatic heterocycles. The molecule has 1 aromatic rings. The van der Waals surface area contributed by atoms with Crippen LogP contribution >= 0.6 is 0 Å². The smallest absolute Gasteiger partial charge is 0.307 e. The van der Waals surface area contributed by atoms with Gasteiger partial charge in [-0.25, -0.2) is 0 Å². The number of carbonyl (C=O) groups is 2. The van der Waals surface area contributed by atoms with E-state index in [2.05, 4.69) is 5.32 Å². The van der Waals surface area contributed by atoms with Gasteiger partial charge in [0.25, 0.3) is 0 Å². The predicted octanol–water partition coefficient (Wildman–Crippen LogP) is 1.81. The molecule has 0 aliphatic heterocycles. The van der Waals surface area contributed by atoms with E-state index < -0.39 is 17.8 Å². The first kappa shape index (κ1) is 14.4. The number of hydrogen-bond donors (Lipinski definition) is 2. The molecule has 0 radical (unpaired) electrons. The van der Waals surface area contributed by atoms with Crippen molar-refractivity contribution < 1.29 is 19.4 Å². The molecule has 1 aromatic carbocycles. The standard InChI is InChI=1S/C15H19NO4/c1-20-13-8-3-2-5-10(13)9-16-14(17)11-6-4-7-12(11)15(18)19/h2-3,5,8,11-12H,4,6-7,9H2,1H3,(H,16,17)(H,18,19). The van der Waals surface area contributed by atoms with Gasteiger partial charge >= 0.3 is 5.97 Å². The summed E-state index contributed by atoms with van der Waals surface area (Å²) >= 11 is 0. The first-order valence-electron chi connectivity index (χ1n) is 6.76. The van der Waals surface area contributed by atoms with Crippen molar-refractivity contribution in [3.05, 3.63) is 29.8 Å². The number of nitrogens with one attached hydrogen (secondary N) is 1. The molecule has 2 atom stereocenters. The summed E-state index contributed by atoms with van der Waals surface area (Å²) < 4.78 is 5.22. The molecule has 2 unspecified atom stereocenters. The number of methoxy groups -OCH3 is 1. The molecule has 0 bridgehead atoms. The lowest BCUT2D eigenvalue weighted by Crippen LogP contribution is -2.34. The lowest BCUT2D eigenvalue weighted by Gasteiger charge is -2.16. The van der Waals surface area contributed by atoms with Crippen LogP contribution in [0.15, 0.2) is 24.3 Å². The Morgan fingerprint density at radius 1 is 1.30 bits per heavy atom. The van der Waals surface area contributed by atoms with E-state index in [-0.39, 0.29) is 5.91 Å². The van der Waals surface area contributed by atoms with Gasteiger partial charge in [-0.2, -0.15) is 0 Å². The van der Waals surface area contributed by atoms with Crippen molar-refractivity contribution in [3.63, 3.8) is 0 Å². The highest BCUT2D eigenvalue weighted by molar-refractivity contribution is 5.85. The molecule has 5 nitrogen and oxygen atoms in total. The summed E-state index contributed by atoms with van der Waals surface area (Å²) in [6.45, 7) is 0.353. The van der Waals surface area contributed by atoms with Crippen molar-refractivity contribution in [2.24, 2.45) is 11.8 Å². The second-order valence-electron chi connectivity index (χ2n) is 5.01. The molecular weight excluding hydrogens is 258 g/mol. The van der Waals surface area contributed by atoms with E-state index in [4.69, 9.17) is 9.84 Å². The third kappa shape index (κ3) is 3.10. The second-order valence-corrected chi connectivity index (χ2v) is 5.01. The summed E-state index contributed by atoms with van der Waals surface area (Å²) in [6, 6.07) is 7.45. The van der Waals surface area contributed by atoms with E-state index >= 15 is 0 Å². The summed E-state index contributed by atoms with van der Waals surface area (Å²) in [5.41, 5.74) is 0.883. The zero-order valence-corrected chi connectivity index (χ0v) is 11.5. The fourth-order valence-electron chi connectivity index (χ4n) is 2.73. The monoisotopic (exact) mass is 277 g/mol. The summed E-state index contributed by atoms with van der Waals surface area (Å²) in [5.74, 6) is -1.30. The van der Waals surface area contributed by atoms with Crippen molar-refractivity contribution in [1.82, 2.24) is 5.32 Å². The van der Waals surface area contributed by atoms with Gasteiger partial charge in [-0.15, -0.1) is 0 Å². The first-order chi connectivity index (χ1) is 9.63. The van der Waals surface area contributed by atoms with Crippen molar-refractivity contribution in [2.45, 2.75) is 25.8 Å². The number of carboxylic acids is 1. The Balaban J connectivity index is 1.97. The summed E-state index contributed by atoms with van der Waals surface area (Å²) in [4.78, 5) is 23.2. The number of rotatable bonds is 5. The van der Waals surface area contributed by atoms with Crippen LogP contribution in [-0.2, 0) is 16.1 Å². The van der Waals surface area contributed by atoms with Gasteiger partial charge < -0.3 is 15.2 Å². The van der Waals surface area contributed by atoms with Crippen LogP contribution in [0.5, 0.6) is 5.75 Å². The normalized spacial score (nSPS) is 21.4. The van der Waals surface area contributed by atoms with E-state index in [9.17, 15) is 9.59 Å². The van der Waals surface area contributed by atoms with Crippen LogP contribution in [0.25, 0.3) is 0 Å². The Kier molecular flexibility index (Phi) is 4.61. The van der Waals surface area contributed by atoms with Gasteiger partial charge in [0.05, 0.1) is 18.9 Å². The molecular formula is C15H19NO4. The van der Waals surface area contributed by atoms with Crippen molar-refractivity contribution in [2.75, 3.05) is 7.11 Å². The first-order valence-corrected chi connectivity index (χ1v) is 6.76. The van der Waals surface area contributed by atoms with Crippen molar-refractivity contribution in [1.29, 1.82) is 0 Å². The van der Waals surface area contributed by atoms with Crippen LogP contribution in [0.1, 0.15) is 24.8 Å². The largest absolute Gasteiger partial charge is 0.496 e. The van der Waals surface area contributed by atoms with Crippen LogP contribution in [0.2, 0.25) is 0 Å². The lowest BCUT2D eigenvalue weighted by molar-refractivity contribution is -0.146. The fourth-order valence-corrected chi connectivity index (χ4v) is 2.73. The molecule has 1 aliphatic rings. The molecule has 0 heterocycles. The highest BCUT2D eigenvalue weighted by atomic mass is 16.5. The maximum atomic E-state index is 12.1. The molecule has 2 N–H and O–H groups in total. The molecule has 1 saturated carbocycles. The van der Waals surface area contributed by atoms with Gasteiger partial charge in [-0.3, -0.25) is 9.59 Å². The minimum Gasteiger partial charge on any atom is -0.496 e. The number of benzene rings is 1. The molecule has 5 heteroatoms. The highest BCUT2D eigenvalue weighted by Crippen LogP contribution is 2.32. The van der Waals surface area contributed by atoms with Gasteiger partial charge in [0, 0.05) is 12.1 Å². The molecule has 0 spiro atoms. The van der Waals surface area contributed by atoms with E-state index in [1.807, 2.05) is 24.3 Å². The molecule has 0 saturated heterocycles. The Bertz CT molecular complexity index is 500. The zero-order valence-electron chi connectivity index (χ0n) is 11.5. The minimum atomic E-state index is -0.875. The third-order valence-electron chi connectivity index (χ3n) is 3.82. The molecule has 108 valence electrons. The fraction of sp³-hybridized carbons (Fsp3) is 0.467. The van der Waals surface area contributed by atoms with Crippen LogP contribution < -0.4 is 10.1 Å².